The summed E-state index contributed by atoms with van der Waals surface area (Å²) in [5, 5.41) is 0.243. The predicted octanol–water partition coefficient (Wildman–Crippen LogP) is 3.99. The first-order valence-electron chi connectivity index (χ1n) is 5.80. The molecule has 0 atom stereocenters. The molecule has 94 valence electrons. The van der Waals surface area contributed by atoms with Gasteiger partial charge in [0.25, 0.3) is 0 Å². The fraction of sp³-hybridized carbons (Fsp3) is 0.692. The van der Waals surface area contributed by atoms with Crippen LogP contribution in [0.4, 0.5) is 0 Å². The first kappa shape index (κ1) is 15.3. The maximum absolute atomic E-state index is 6.19. The molecule has 0 aromatic rings. The second kappa shape index (κ2) is 5.57. The second-order valence-corrected chi connectivity index (χ2v) is 10.6. The first-order chi connectivity index (χ1) is 7.10. The zero-order chi connectivity index (χ0) is 13.0. The SMILES string of the molecule is C/C=C(/C=C/N(C)C)O[Si](C)(C)C(C)(C)C. The van der Waals surface area contributed by atoms with Crippen LogP contribution in [0.5, 0.6) is 0 Å². The van der Waals surface area contributed by atoms with Crippen molar-refractivity contribution in [3.05, 3.63) is 24.1 Å². The van der Waals surface area contributed by atoms with E-state index >= 15 is 0 Å². The molecule has 0 fully saturated rings. The Morgan fingerprint density at radius 3 is 2.00 bits per heavy atom. The van der Waals surface area contributed by atoms with Crippen molar-refractivity contribution in [2.75, 3.05) is 14.1 Å². The monoisotopic (exact) mass is 241 g/mol. The van der Waals surface area contributed by atoms with E-state index in [0.717, 1.165) is 5.76 Å². The molecule has 2 nitrogen and oxygen atoms in total. The summed E-state index contributed by atoms with van der Waals surface area (Å²) < 4.78 is 6.19. The topological polar surface area (TPSA) is 12.5 Å². The summed E-state index contributed by atoms with van der Waals surface area (Å²) in [5.74, 6) is 0.972. The van der Waals surface area contributed by atoms with E-state index in [-0.39, 0.29) is 5.04 Å². The third-order valence-corrected chi connectivity index (χ3v) is 7.36. The van der Waals surface area contributed by atoms with E-state index in [1.165, 1.54) is 0 Å². The highest BCUT2D eigenvalue weighted by atomic mass is 28.4. The Balaban J connectivity index is 4.70. The van der Waals surface area contributed by atoms with E-state index in [1.54, 1.807) is 0 Å². The van der Waals surface area contributed by atoms with Crippen molar-refractivity contribution in [1.29, 1.82) is 0 Å². The van der Waals surface area contributed by atoms with E-state index in [0.29, 0.717) is 0 Å². The van der Waals surface area contributed by atoms with Gasteiger partial charge in [0.15, 0.2) is 0 Å². The predicted molar refractivity (Wildman–Crippen MR) is 74.9 cm³/mol. The highest BCUT2D eigenvalue weighted by molar-refractivity contribution is 6.74. The smallest absolute Gasteiger partial charge is 0.250 e. The highest BCUT2D eigenvalue weighted by Crippen LogP contribution is 2.37. The number of nitrogens with zero attached hydrogens (tertiary/aromatic N) is 1. The van der Waals surface area contributed by atoms with Gasteiger partial charge in [0, 0.05) is 20.3 Å². The molecule has 0 aromatic carbocycles. The summed E-state index contributed by atoms with van der Waals surface area (Å²) in [6, 6.07) is 0. The van der Waals surface area contributed by atoms with E-state index < -0.39 is 8.32 Å². The fourth-order valence-corrected chi connectivity index (χ4v) is 1.94. The standard InChI is InChI=1S/C13H27NOSi/c1-9-12(10-11-14(5)6)15-16(7,8)13(2,3)4/h9-11H,1-8H3/b11-10+,12-9-. The molecule has 0 aromatic heterocycles. The van der Waals surface area contributed by atoms with Crippen LogP contribution in [0, 0.1) is 0 Å². The van der Waals surface area contributed by atoms with Gasteiger partial charge in [-0.05, 0) is 37.2 Å². The summed E-state index contributed by atoms with van der Waals surface area (Å²) in [6.45, 7) is 13.3. The van der Waals surface area contributed by atoms with Crippen LogP contribution in [0.1, 0.15) is 27.7 Å². The molecule has 0 spiro atoms. The Kier molecular flexibility index (Phi) is 5.33. The molecule has 0 aliphatic carbocycles. The molecule has 0 amide bonds. The van der Waals surface area contributed by atoms with Crippen molar-refractivity contribution in [1.82, 2.24) is 4.90 Å². The Labute approximate surface area is 102 Å². The maximum Gasteiger partial charge on any atom is 0.250 e. The molecule has 0 saturated heterocycles. The lowest BCUT2D eigenvalue weighted by molar-refractivity contribution is 0.397. The Morgan fingerprint density at radius 1 is 1.19 bits per heavy atom. The Morgan fingerprint density at radius 2 is 1.69 bits per heavy atom. The minimum absolute atomic E-state index is 0.243. The summed E-state index contributed by atoms with van der Waals surface area (Å²) >= 11 is 0. The molecule has 0 radical (unpaired) electrons. The van der Waals surface area contributed by atoms with Crippen molar-refractivity contribution in [2.24, 2.45) is 0 Å². The quantitative estimate of drug-likeness (QED) is 0.419. The van der Waals surface area contributed by atoms with E-state index in [1.807, 2.05) is 44.3 Å². The van der Waals surface area contributed by atoms with Gasteiger partial charge in [0.2, 0.25) is 8.32 Å². The maximum atomic E-state index is 6.19. The van der Waals surface area contributed by atoms with E-state index in [2.05, 4.69) is 33.9 Å². The minimum atomic E-state index is -1.70. The van der Waals surface area contributed by atoms with Gasteiger partial charge < -0.3 is 9.33 Å². The van der Waals surface area contributed by atoms with Gasteiger partial charge in [-0.2, -0.15) is 0 Å². The summed E-state index contributed by atoms with van der Waals surface area (Å²) in [4.78, 5) is 2.01. The average Bonchev–Trinajstić information content (AvgIpc) is 2.09. The molecule has 0 unspecified atom stereocenters. The largest absolute Gasteiger partial charge is 0.544 e. The lowest BCUT2D eigenvalue weighted by Crippen LogP contribution is -2.40. The van der Waals surface area contributed by atoms with E-state index in [9.17, 15) is 0 Å². The van der Waals surface area contributed by atoms with E-state index in [4.69, 9.17) is 4.43 Å². The van der Waals surface area contributed by atoms with Crippen molar-refractivity contribution < 1.29 is 4.43 Å². The van der Waals surface area contributed by atoms with Gasteiger partial charge in [-0.15, -0.1) is 0 Å². The van der Waals surface area contributed by atoms with Crippen molar-refractivity contribution in [3.8, 4) is 0 Å². The summed E-state index contributed by atoms with van der Waals surface area (Å²) in [7, 11) is 2.32. The summed E-state index contributed by atoms with van der Waals surface area (Å²) in [6.07, 6.45) is 6.07. The van der Waals surface area contributed by atoms with Crippen LogP contribution < -0.4 is 0 Å². The molecular weight excluding hydrogens is 214 g/mol. The molecule has 0 N–H and O–H groups in total. The molecule has 0 heterocycles. The lowest BCUT2D eigenvalue weighted by Gasteiger charge is -2.36. The molecular formula is C13H27NOSi. The molecule has 3 heteroatoms. The molecule has 0 aliphatic rings. The number of rotatable bonds is 4. The average molecular weight is 241 g/mol. The van der Waals surface area contributed by atoms with Crippen molar-refractivity contribution in [3.63, 3.8) is 0 Å². The first-order valence-corrected chi connectivity index (χ1v) is 8.71. The summed E-state index contributed by atoms with van der Waals surface area (Å²) in [5.41, 5.74) is 0. The highest BCUT2D eigenvalue weighted by Gasteiger charge is 2.38. The van der Waals surface area contributed by atoms with Gasteiger partial charge in [0.05, 0.1) is 5.76 Å². The third-order valence-electron chi connectivity index (χ3n) is 3.00. The van der Waals surface area contributed by atoms with Crippen molar-refractivity contribution in [2.45, 2.75) is 45.8 Å². The Hall–Kier alpha value is -0.703. The van der Waals surface area contributed by atoms with Gasteiger partial charge in [-0.25, -0.2) is 0 Å². The van der Waals surface area contributed by atoms with Crippen LogP contribution in [0.3, 0.4) is 0 Å². The minimum Gasteiger partial charge on any atom is -0.544 e. The molecule has 0 rings (SSSR count). The zero-order valence-electron chi connectivity index (χ0n) is 12.1. The number of hydrogen-bond acceptors (Lipinski definition) is 2. The van der Waals surface area contributed by atoms with Crippen LogP contribution in [0.15, 0.2) is 24.1 Å². The fourth-order valence-electron chi connectivity index (χ4n) is 0.859. The Bertz CT molecular complexity index is 272. The second-order valence-electron chi connectivity index (χ2n) is 5.83. The van der Waals surface area contributed by atoms with Crippen LogP contribution in [0.25, 0.3) is 0 Å². The lowest BCUT2D eigenvalue weighted by atomic mass is 10.2. The van der Waals surface area contributed by atoms with Crippen LogP contribution in [-0.2, 0) is 4.43 Å². The molecule has 0 bridgehead atoms. The van der Waals surface area contributed by atoms with Gasteiger partial charge in [-0.3, -0.25) is 0 Å². The van der Waals surface area contributed by atoms with Crippen LogP contribution in [-0.4, -0.2) is 27.3 Å². The molecule has 0 aliphatic heterocycles. The molecule has 0 saturated carbocycles. The number of hydrogen-bond donors (Lipinski definition) is 0. The van der Waals surface area contributed by atoms with Gasteiger partial charge in [-0.1, -0.05) is 20.8 Å². The third kappa shape index (κ3) is 4.88. The van der Waals surface area contributed by atoms with Gasteiger partial charge in [0.1, 0.15) is 0 Å². The zero-order valence-corrected chi connectivity index (χ0v) is 13.1. The normalized spacial score (nSPS) is 14.4. The van der Waals surface area contributed by atoms with Crippen LogP contribution >= 0.6 is 0 Å². The van der Waals surface area contributed by atoms with Crippen LogP contribution in [0.2, 0.25) is 18.1 Å². The number of allylic oxidation sites excluding steroid dienone is 2. The van der Waals surface area contributed by atoms with Crippen molar-refractivity contribution >= 4 is 8.32 Å². The van der Waals surface area contributed by atoms with Gasteiger partial charge >= 0.3 is 0 Å². The molecule has 16 heavy (non-hydrogen) atoms.